The maximum Gasteiger partial charge on any atom is 0.494 e. The van der Waals surface area contributed by atoms with Crippen LogP contribution in [-0.2, 0) is 25.3 Å². The van der Waals surface area contributed by atoms with Gasteiger partial charge in [0.2, 0.25) is 0 Å². The van der Waals surface area contributed by atoms with E-state index in [0.29, 0.717) is 34.6 Å². The van der Waals surface area contributed by atoms with E-state index in [0.717, 1.165) is 19.4 Å². The number of carbonyl (C=O) groups excluding carboxylic acids is 1. The van der Waals surface area contributed by atoms with Crippen LogP contribution in [0.3, 0.4) is 0 Å². The molecule has 0 aromatic heterocycles. The van der Waals surface area contributed by atoms with Crippen LogP contribution in [0.1, 0.15) is 56.5 Å². The molecule has 0 bridgehead atoms. The van der Waals surface area contributed by atoms with Gasteiger partial charge in [0, 0.05) is 17.9 Å². The Kier molecular flexibility index (Phi) is 7.21. The number of nitrogens with one attached hydrogen (secondary N) is 1. The summed E-state index contributed by atoms with van der Waals surface area (Å²) in [5, 5.41) is 12.0. The monoisotopic (exact) mass is 481 g/mol. The highest BCUT2D eigenvalue weighted by molar-refractivity contribution is 6.62. The summed E-state index contributed by atoms with van der Waals surface area (Å²) in [7, 11) is -0.669. The number of rotatable bonds is 8. The molecule has 2 aromatic carbocycles. The van der Waals surface area contributed by atoms with Gasteiger partial charge in [-0.1, -0.05) is 18.2 Å². The van der Waals surface area contributed by atoms with Crippen LogP contribution in [-0.4, -0.2) is 54.6 Å². The summed E-state index contributed by atoms with van der Waals surface area (Å²) in [4.78, 5) is 24.5. The average molecular weight is 481 g/mol. The maximum atomic E-state index is 13.3. The molecule has 2 N–H and O–H groups in total. The first-order valence-corrected chi connectivity index (χ1v) is 11.9. The van der Waals surface area contributed by atoms with Gasteiger partial charge >= 0.3 is 13.1 Å². The van der Waals surface area contributed by atoms with E-state index in [1.54, 1.807) is 36.4 Å². The number of hydrogen-bond donors (Lipinski definition) is 2. The molecule has 2 heterocycles. The first-order chi connectivity index (χ1) is 16.5. The molecule has 2 fully saturated rings. The van der Waals surface area contributed by atoms with Gasteiger partial charge in [0.25, 0.3) is 5.91 Å². The molecule has 2 aliphatic rings. The van der Waals surface area contributed by atoms with Crippen molar-refractivity contribution in [3.8, 4) is 5.75 Å². The number of carbonyl (C=O) groups is 2. The Hall–Kier alpha value is -2.88. The molecule has 1 unspecified atom stereocenters. The standard InChI is InChI=1S/C26H32BNO7/c1-25(2)26(3,4)35-27(34-25)19-12-18(13-21(15-19)33-16-20-9-7-11-32-20)24(31)28-22-10-6-5-8-17(22)14-23(29)30/h5-6,8,10,12-13,15,20H,7,9,11,14,16H2,1-4H3,(H,28,31)(H,29,30). The number of benzene rings is 2. The van der Waals surface area contributed by atoms with Gasteiger partial charge in [-0.15, -0.1) is 0 Å². The summed E-state index contributed by atoms with van der Waals surface area (Å²) in [6, 6.07) is 12.1. The summed E-state index contributed by atoms with van der Waals surface area (Å²) in [5.74, 6) is -0.848. The Morgan fingerprint density at radius 3 is 2.49 bits per heavy atom. The summed E-state index contributed by atoms with van der Waals surface area (Å²) >= 11 is 0. The van der Waals surface area contributed by atoms with Crippen molar-refractivity contribution in [2.75, 3.05) is 18.5 Å². The molecule has 2 aromatic rings. The molecule has 0 radical (unpaired) electrons. The van der Waals surface area contributed by atoms with E-state index in [4.69, 9.17) is 18.8 Å². The zero-order valence-electron chi connectivity index (χ0n) is 20.6. The highest BCUT2D eigenvalue weighted by Crippen LogP contribution is 2.36. The first kappa shape index (κ1) is 25.2. The van der Waals surface area contributed by atoms with Crippen LogP contribution in [0, 0.1) is 0 Å². The van der Waals surface area contributed by atoms with Crippen molar-refractivity contribution in [1.82, 2.24) is 0 Å². The van der Waals surface area contributed by atoms with Crippen molar-refractivity contribution < 1.29 is 33.5 Å². The second-order valence-corrected chi connectivity index (χ2v) is 10.0. The van der Waals surface area contributed by atoms with Crippen LogP contribution < -0.4 is 15.5 Å². The summed E-state index contributed by atoms with van der Waals surface area (Å²) < 4.78 is 24.1. The molecule has 35 heavy (non-hydrogen) atoms. The van der Waals surface area contributed by atoms with Gasteiger partial charge in [0.05, 0.1) is 23.7 Å². The fourth-order valence-corrected chi connectivity index (χ4v) is 4.07. The van der Waals surface area contributed by atoms with Crippen LogP contribution in [0.5, 0.6) is 5.75 Å². The lowest BCUT2D eigenvalue weighted by Gasteiger charge is -2.32. The third-order valence-electron chi connectivity index (χ3n) is 6.78. The molecule has 0 spiro atoms. The molecular formula is C26H32BNO7. The minimum atomic E-state index is -0.973. The molecular weight excluding hydrogens is 449 g/mol. The average Bonchev–Trinajstić information content (AvgIpc) is 3.38. The van der Waals surface area contributed by atoms with Crippen LogP contribution in [0.25, 0.3) is 0 Å². The minimum Gasteiger partial charge on any atom is -0.491 e. The number of hydrogen-bond acceptors (Lipinski definition) is 6. The van der Waals surface area contributed by atoms with Crippen molar-refractivity contribution in [2.24, 2.45) is 0 Å². The fraction of sp³-hybridized carbons (Fsp3) is 0.462. The third-order valence-corrected chi connectivity index (χ3v) is 6.78. The number of aliphatic carboxylic acids is 1. The first-order valence-electron chi connectivity index (χ1n) is 11.9. The quantitative estimate of drug-likeness (QED) is 0.557. The lowest BCUT2D eigenvalue weighted by molar-refractivity contribution is -0.136. The molecule has 4 rings (SSSR count). The van der Waals surface area contributed by atoms with Gasteiger partial charge < -0.3 is 29.2 Å². The number of amides is 1. The van der Waals surface area contributed by atoms with E-state index in [2.05, 4.69) is 5.32 Å². The zero-order chi connectivity index (χ0) is 25.2. The van der Waals surface area contributed by atoms with Gasteiger partial charge in [-0.25, -0.2) is 0 Å². The smallest absolute Gasteiger partial charge is 0.491 e. The Labute approximate surface area is 206 Å². The normalized spacial score (nSPS) is 20.6. The molecule has 0 aliphatic carbocycles. The van der Waals surface area contributed by atoms with Crippen molar-refractivity contribution in [3.63, 3.8) is 0 Å². The predicted octanol–water partition coefficient (Wildman–Crippen LogP) is 3.42. The van der Waals surface area contributed by atoms with Gasteiger partial charge in [0.15, 0.2) is 0 Å². The molecule has 8 nitrogen and oxygen atoms in total. The molecule has 2 saturated heterocycles. The number of carboxylic acid groups (broad SMARTS) is 1. The van der Waals surface area contributed by atoms with E-state index in [-0.39, 0.29) is 18.4 Å². The lowest BCUT2D eigenvalue weighted by atomic mass is 9.78. The Morgan fingerprint density at radius 2 is 1.83 bits per heavy atom. The van der Waals surface area contributed by atoms with Crippen molar-refractivity contribution in [1.29, 1.82) is 0 Å². The molecule has 0 saturated carbocycles. The molecule has 186 valence electrons. The molecule has 9 heteroatoms. The van der Waals surface area contributed by atoms with E-state index in [1.807, 2.05) is 33.8 Å². The van der Waals surface area contributed by atoms with E-state index in [1.165, 1.54) is 0 Å². The SMILES string of the molecule is CC1(C)OB(c2cc(OCC3CCCO3)cc(C(=O)Nc3ccccc3CC(=O)O)c2)OC1(C)C. The van der Waals surface area contributed by atoms with Crippen molar-refractivity contribution in [3.05, 3.63) is 53.6 Å². The van der Waals surface area contributed by atoms with Gasteiger partial charge in [-0.3, -0.25) is 9.59 Å². The fourth-order valence-electron chi connectivity index (χ4n) is 4.07. The molecule has 1 amide bonds. The minimum absolute atomic E-state index is 0.0238. The van der Waals surface area contributed by atoms with Crippen LogP contribution >= 0.6 is 0 Å². The van der Waals surface area contributed by atoms with Gasteiger partial charge in [-0.2, -0.15) is 0 Å². The maximum absolute atomic E-state index is 13.3. The number of anilines is 1. The third kappa shape index (κ3) is 5.86. The molecule has 2 aliphatic heterocycles. The van der Waals surface area contributed by atoms with E-state index in [9.17, 15) is 14.7 Å². The van der Waals surface area contributed by atoms with Crippen molar-refractivity contribution >= 4 is 30.1 Å². The van der Waals surface area contributed by atoms with Gasteiger partial charge in [-0.05, 0) is 75.8 Å². The van der Waals surface area contributed by atoms with Gasteiger partial charge in [0.1, 0.15) is 12.4 Å². The highest BCUT2D eigenvalue weighted by Gasteiger charge is 2.51. The highest BCUT2D eigenvalue weighted by atomic mass is 16.7. The van der Waals surface area contributed by atoms with Crippen LogP contribution in [0.4, 0.5) is 5.69 Å². The second kappa shape index (κ2) is 10.0. The van der Waals surface area contributed by atoms with Crippen molar-refractivity contribution in [2.45, 2.75) is 64.3 Å². The number of para-hydroxylation sites is 1. The second-order valence-electron chi connectivity index (χ2n) is 10.0. The van der Waals surface area contributed by atoms with E-state index >= 15 is 0 Å². The topological polar surface area (TPSA) is 103 Å². The Morgan fingerprint density at radius 1 is 1.11 bits per heavy atom. The van der Waals surface area contributed by atoms with E-state index < -0.39 is 24.3 Å². The lowest BCUT2D eigenvalue weighted by Crippen LogP contribution is -2.41. The number of ether oxygens (including phenoxy) is 2. The summed E-state index contributed by atoms with van der Waals surface area (Å²) in [6.07, 6.45) is 1.77. The summed E-state index contributed by atoms with van der Waals surface area (Å²) in [6.45, 7) is 8.99. The Balaban J connectivity index is 1.61. The predicted molar refractivity (Wildman–Crippen MR) is 132 cm³/mol. The molecule has 1 atom stereocenters. The van der Waals surface area contributed by atoms with Crippen LogP contribution in [0.2, 0.25) is 0 Å². The summed E-state index contributed by atoms with van der Waals surface area (Å²) in [5.41, 5.74) is 0.907. The van der Waals surface area contributed by atoms with Crippen LogP contribution in [0.15, 0.2) is 42.5 Å². The number of carboxylic acids is 1. The zero-order valence-corrected chi connectivity index (χ0v) is 20.6. The Bertz CT molecular complexity index is 1080. The largest absolute Gasteiger partial charge is 0.494 e.